The first-order chi connectivity index (χ1) is 11.4. The molecule has 2 amide bonds. The van der Waals surface area contributed by atoms with Gasteiger partial charge in [0.05, 0.1) is 20.8 Å². The number of hydrogen-bond acceptors (Lipinski definition) is 4. The van der Waals surface area contributed by atoms with Gasteiger partial charge in [-0.1, -0.05) is 0 Å². The van der Waals surface area contributed by atoms with Gasteiger partial charge in [0.1, 0.15) is 11.5 Å². The van der Waals surface area contributed by atoms with E-state index in [-0.39, 0.29) is 24.4 Å². The fourth-order valence-electron chi connectivity index (χ4n) is 2.09. The van der Waals surface area contributed by atoms with Gasteiger partial charge in [-0.15, -0.1) is 0 Å². The number of benzene rings is 1. The molecule has 0 aliphatic heterocycles. The number of amides is 2. The van der Waals surface area contributed by atoms with Crippen LogP contribution in [0, 0.1) is 0 Å². The fraction of sp³-hybridized carbons (Fsp3) is 0.444. The average Bonchev–Trinajstić information content (AvgIpc) is 2.56. The molecule has 0 radical (unpaired) electrons. The van der Waals surface area contributed by atoms with Crippen molar-refractivity contribution in [3.8, 4) is 11.5 Å². The van der Waals surface area contributed by atoms with Crippen LogP contribution in [0.2, 0.25) is 0 Å². The van der Waals surface area contributed by atoms with Gasteiger partial charge < -0.3 is 19.7 Å². The zero-order valence-corrected chi connectivity index (χ0v) is 15.0. The normalized spacial score (nSPS) is 10.8. The Kier molecular flexibility index (Phi) is 7.82. The molecule has 1 aromatic carbocycles. The number of nitrogens with one attached hydrogen (secondary N) is 1. The molecule has 24 heavy (non-hydrogen) atoms. The van der Waals surface area contributed by atoms with E-state index < -0.39 is 0 Å². The summed E-state index contributed by atoms with van der Waals surface area (Å²) in [5.74, 6) is 0.894. The summed E-state index contributed by atoms with van der Waals surface area (Å²) in [5, 5.41) is 2.78. The quantitative estimate of drug-likeness (QED) is 0.739. The molecule has 0 saturated carbocycles. The predicted molar refractivity (Wildman–Crippen MR) is 94.1 cm³/mol. The van der Waals surface area contributed by atoms with Crippen molar-refractivity contribution >= 4 is 17.9 Å². The Balaban J connectivity index is 2.80. The molecular weight excluding hydrogens is 308 g/mol. The fourth-order valence-corrected chi connectivity index (χ4v) is 2.09. The second kappa shape index (κ2) is 9.60. The number of carbonyl (C=O) groups is 2. The minimum atomic E-state index is -0.224. The highest BCUT2D eigenvalue weighted by Crippen LogP contribution is 2.23. The number of likely N-dealkylation sites (N-methyl/N-ethyl adjacent to an activating group) is 1. The van der Waals surface area contributed by atoms with E-state index in [4.69, 9.17) is 9.47 Å². The van der Waals surface area contributed by atoms with E-state index in [1.54, 1.807) is 38.5 Å². The Labute approximate surface area is 143 Å². The van der Waals surface area contributed by atoms with Crippen molar-refractivity contribution < 1.29 is 19.1 Å². The molecule has 6 nitrogen and oxygen atoms in total. The molecule has 0 aliphatic rings. The molecule has 0 atom stereocenters. The maximum absolute atomic E-state index is 12.3. The summed E-state index contributed by atoms with van der Waals surface area (Å²) in [6, 6.07) is 5.40. The number of methoxy groups -OCH3 is 2. The first kappa shape index (κ1) is 19.5. The molecule has 1 aromatic rings. The lowest BCUT2D eigenvalue weighted by Gasteiger charge is -2.19. The van der Waals surface area contributed by atoms with Crippen molar-refractivity contribution in [2.45, 2.75) is 26.8 Å². The van der Waals surface area contributed by atoms with Gasteiger partial charge >= 0.3 is 0 Å². The van der Waals surface area contributed by atoms with E-state index >= 15 is 0 Å². The molecule has 0 saturated heterocycles. The number of ether oxygens (including phenoxy) is 2. The zero-order chi connectivity index (χ0) is 18.1. The molecule has 6 heteroatoms. The first-order valence-electron chi connectivity index (χ1n) is 7.89. The lowest BCUT2D eigenvalue weighted by Crippen LogP contribution is -2.42. The van der Waals surface area contributed by atoms with Crippen LogP contribution in [0.25, 0.3) is 6.08 Å². The molecule has 0 unspecified atom stereocenters. The minimum Gasteiger partial charge on any atom is -0.497 e. The van der Waals surface area contributed by atoms with Crippen LogP contribution < -0.4 is 14.8 Å². The molecule has 0 spiro atoms. The lowest BCUT2D eigenvalue weighted by atomic mass is 10.2. The van der Waals surface area contributed by atoms with Crippen molar-refractivity contribution in [3.05, 3.63) is 29.8 Å². The van der Waals surface area contributed by atoms with Gasteiger partial charge in [0.15, 0.2) is 0 Å². The highest BCUT2D eigenvalue weighted by molar-refractivity contribution is 5.94. The monoisotopic (exact) mass is 334 g/mol. The van der Waals surface area contributed by atoms with Crippen LogP contribution in [0.3, 0.4) is 0 Å². The maximum Gasteiger partial charge on any atom is 0.247 e. The van der Waals surface area contributed by atoms with Crippen LogP contribution >= 0.6 is 0 Å². The second-order valence-electron chi connectivity index (χ2n) is 5.55. The van der Waals surface area contributed by atoms with Crippen LogP contribution in [0.4, 0.5) is 0 Å². The Morgan fingerprint density at radius 3 is 2.21 bits per heavy atom. The summed E-state index contributed by atoms with van der Waals surface area (Å²) >= 11 is 0. The van der Waals surface area contributed by atoms with E-state index in [2.05, 4.69) is 5.32 Å². The third-order valence-electron chi connectivity index (χ3n) is 3.27. The summed E-state index contributed by atoms with van der Waals surface area (Å²) in [5.41, 5.74) is 0.780. The predicted octanol–water partition coefficient (Wildman–Crippen LogP) is 2.09. The van der Waals surface area contributed by atoms with Crippen molar-refractivity contribution in [2.24, 2.45) is 0 Å². The number of nitrogens with zero attached hydrogens (tertiary/aromatic N) is 1. The standard InChI is InChI=1S/C18H26N2O4/c1-6-20(12-17(21)19-13(2)3)18(22)8-7-14-9-15(23-4)11-16(10-14)24-5/h7-11,13H,6,12H2,1-5H3,(H,19,21)/b8-7+. The summed E-state index contributed by atoms with van der Waals surface area (Å²) in [6.45, 7) is 6.09. The summed E-state index contributed by atoms with van der Waals surface area (Å²) in [6.07, 6.45) is 3.12. The molecular formula is C18H26N2O4. The average molecular weight is 334 g/mol. The molecule has 0 bridgehead atoms. The van der Waals surface area contributed by atoms with Crippen molar-refractivity contribution in [3.63, 3.8) is 0 Å². The second-order valence-corrected chi connectivity index (χ2v) is 5.55. The molecule has 1 N–H and O–H groups in total. The summed E-state index contributed by atoms with van der Waals surface area (Å²) in [7, 11) is 3.14. The van der Waals surface area contributed by atoms with E-state index in [1.165, 1.54) is 11.0 Å². The maximum atomic E-state index is 12.3. The number of carbonyl (C=O) groups excluding carboxylic acids is 2. The Morgan fingerprint density at radius 1 is 1.17 bits per heavy atom. The molecule has 1 rings (SSSR count). The van der Waals surface area contributed by atoms with Crippen LogP contribution in [0.5, 0.6) is 11.5 Å². The lowest BCUT2D eigenvalue weighted by molar-refractivity contribution is -0.132. The Bertz CT molecular complexity index is 574. The van der Waals surface area contributed by atoms with E-state index in [0.29, 0.717) is 18.0 Å². The van der Waals surface area contributed by atoms with Gasteiger partial charge in [-0.3, -0.25) is 9.59 Å². The molecule has 0 aliphatic carbocycles. The van der Waals surface area contributed by atoms with Gasteiger partial charge in [-0.2, -0.15) is 0 Å². The molecule has 0 heterocycles. The van der Waals surface area contributed by atoms with Gasteiger partial charge in [-0.25, -0.2) is 0 Å². The largest absolute Gasteiger partial charge is 0.497 e. The van der Waals surface area contributed by atoms with Crippen molar-refractivity contribution in [2.75, 3.05) is 27.3 Å². The molecule has 132 valence electrons. The topological polar surface area (TPSA) is 67.9 Å². The summed E-state index contributed by atoms with van der Waals surface area (Å²) in [4.78, 5) is 25.6. The van der Waals surface area contributed by atoms with Crippen molar-refractivity contribution in [1.29, 1.82) is 0 Å². The van der Waals surface area contributed by atoms with Gasteiger partial charge in [0.25, 0.3) is 0 Å². The number of hydrogen-bond donors (Lipinski definition) is 1. The van der Waals surface area contributed by atoms with Gasteiger partial charge in [0, 0.05) is 24.7 Å². The highest BCUT2D eigenvalue weighted by Gasteiger charge is 2.13. The van der Waals surface area contributed by atoms with E-state index in [0.717, 1.165) is 5.56 Å². The smallest absolute Gasteiger partial charge is 0.247 e. The molecule has 0 fully saturated rings. The van der Waals surface area contributed by atoms with Crippen LogP contribution in [-0.2, 0) is 9.59 Å². The van der Waals surface area contributed by atoms with Gasteiger partial charge in [-0.05, 0) is 44.5 Å². The molecule has 0 aromatic heterocycles. The SMILES string of the molecule is CCN(CC(=O)NC(C)C)C(=O)/C=C/c1cc(OC)cc(OC)c1. The number of rotatable bonds is 8. The Hall–Kier alpha value is -2.50. The zero-order valence-electron chi connectivity index (χ0n) is 15.0. The van der Waals surface area contributed by atoms with Gasteiger partial charge in [0.2, 0.25) is 11.8 Å². The van der Waals surface area contributed by atoms with Crippen molar-refractivity contribution in [1.82, 2.24) is 10.2 Å². The first-order valence-corrected chi connectivity index (χ1v) is 7.89. The van der Waals surface area contributed by atoms with Crippen LogP contribution in [0.1, 0.15) is 26.3 Å². The van der Waals surface area contributed by atoms with Crippen LogP contribution in [-0.4, -0.2) is 50.1 Å². The highest BCUT2D eigenvalue weighted by atomic mass is 16.5. The van der Waals surface area contributed by atoms with E-state index in [1.807, 2.05) is 20.8 Å². The third-order valence-corrected chi connectivity index (χ3v) is 3.27. The van der Waals surface area contributed by atoms with E-state index in [9.17, 15) is 9.59 Å². The minimum absolute atomic E-state index is 0.0410. The Morgan fingerprint density at radius 2 is 1.75 bits per heavy atom. The third kappa shape index (κ3) is 6.32. The summed E-state index contributed by atoms with van der Waals surface area (Å²) < 4.78 is 10.4. The van der Waals surface area contributed by atoms with Crippen LogP contribution in [0.15, 0.2) is 24.3 Å².